The predicted octanol–water partition coefficient (Wildman–Crippen LogP) is 0.827. The Morgan fingerprint density at radius 1 is 1.28 bits per heavy atom. The maximum atomic E-state index is 11.5. The molecule has 0 aliphatic carbocycles. The van der Waals surface area contributed by atoms with E-state index in [1.807, 2.05) is 0 Å². The highest BCUT2D eigenvalue weighted by molar-refractivity contribution is 5.89. The van der Waals surface area contributed by atoms with Crippen molar-refractivity contribution in [3.63, 3.8) is 0 Å². The molecule has 3 N–H and O–H groups in total. The number of nitrogens with one attached hydrogen (secondary N) is 1. The summed E-state index contributed by atoms with van der Waals surface area (Å²) in [6, 6.07) is 6.83. The molecule has 0 saturated carbocycles. The van der Waals surface area contributed by atoms with E-state index < -0.39 is 5.54 Å². The molecule has 18 heavy (non-hydrogen) atoms. The van der Waals surface area contributed by atoms with Gasteiger partial charge in [0.25, 0.3) is 0 Å². The molecule has 5 heteroatoms. The molecule has 0 heterocycles. The van der Waals surface area contributed by atoms with Crippen LogP contribution in [0.25, 0.3) is 0 Å². The molecular formula is C13H18N2O3. The molecule has 0 bridgehead atoms. The van der Waals surface area contributed by atoms with Gasteiger partial charge in [0.05, 0.1) is 18.2 Å². The van der Waals surface area contributed by atoms with E-state index in [4.69, 9.17) is 5.73 Å². The minimum Gasteiger partial charge on any atom is -0.465 e. The van der Waals surface area contributed by atoms with Gasteiger partial charge in [0.15, 0.2) is 0 Å². The van der Waals surface area contributed by atoms with Gasteiger partial charge in [-0.3, -0.25) is 4.79 Å². The molecule has 1 rings (SSSR count). The first-order valence-electron chi connectivity index (χ1n) is 5.59. The fraction of sp³-hybridized carbons (Fsp3) is 0.385. The SMILES string of the molecule is COC(=O)c1ccc(CNC(=O)C(C)(C)N)cc1. The molecule has 0 atom stereocenters. The third kappa shape index (κ3) is 3.85. The maximum absolute atomic E-state index is 11.5. The molecule has 0 radical (unpaired) electrons. The molecule has 1 amide bonds. The summed E-state index contributed by atoms with van der Waals surface area (Å²) in [4.78, 5) is 22.8. The van der Waals surface area contributed by atoms with Gasteiger partial charge < -0.3 is 15.8 Å². The Kier molecular flexibility index (Phi) is 4.44. The highest BCUT2D eigenvalue weighted by Crippen LogP contribution is 2.06. The van der Waals surface area contributed by atoms with Gasteiger partial charge in [-0.15, -0.1) is 0 Å². The van der Waals surface area contributed by atoms with Gasteiger partial charge in [-0.05, 0) is 31.5 Å². The summed E-state index contributed by atoms with van der Waals surface area (Å²) in [6.45, 7) is 3.66. The minimum absolute atomic E-state index is 0.223. The van der Waals surface area contributed by atoms with E-state index in [-0.39, 0.29) is 11.9 Å². The van der Waals surface area contributed by atoms with E-state index in [0.717, 1.165) is 5.56 Å². The first-order chi connectivity index (χ1) is 8.34. The maximum Gasteiger partial charge on any atom is 0.337 e. The molecule has 0 saturated heterocycles. The summed E-state index contributed by atoms with van der Waals surface area (Å²) in [5.74, 6) is -0.603. The van der Waals surface area contributed by atoms with Crippen LogP contribution in [0.3, 0.4) is 0 Å². The highest BCUT2D eigenvalue weighted by Gasteiger charge is 2.21. The van der Waals surface area contributed by atoms with E-state index in [0.29, 0.717) is 12.1 Å². The third-order valence-corrected chi connectivity index (χ3v) is 2.41. The fourth-order valence-electron chi connectivity index (χ4n) is 1.29. The summed E-state index contributed by atoms with van der Waals surface area (Å²) < 4.78 is 4.59. The number of amides is 1. The number of nitrogens with two attached hydrogens (primary N) is 1. The summed E-state index contributed by atoms with van der Waals surface area (Å²) in [6.07, 6.45) is 0. The molecule has 0 unspecified atom stereocenters. The zero-order valence-corrected chi connectivity index (χ0v) is 10.8. The van der Waals surface area contributed by atoms with Crippen LogP contribution in [0.2, 0.25) is 0 Å². The van der Waals surface area contributed by atoms with Crippen molar-refractivity contribution in [2.45, 2.75) is 25.9 Å². The number of hydrogen-bond acceptors (Lipinski definition) is 4. The quantitative estimate of drug-likeness (QED) is 0.775. The van der Waals surface area contributed by atoms with Gasteiger partial charge in [-0.2, -0.15) is 0 Å². The monoisotopic (exact) mass is 250 g/mol. The van der Waals surface area contributed by atoms with Gasteiger partial charge in [0.2, 0.25) is 5.91 Å². The van der Waals surface area contributed by atoms with E-state index in [1.54, 1.807) is 38.1 Å². The van der Waals surface area contributed by atoms with Crippen LogP contribution in [0.4, 0.5) is 0 Å². The molecule has 1 aromatic carbocycles. The number of benzene rings is 1. The molecule has 0 aliphatic heterocycles. The van der Waals surface area contributed by atoms with E-state index in [2.05, 4.69) is 10.1 Å². The minimum atomic E-state index is -0.897. The van der Waals surface area contributed by atoms with Crippen LogP contribution in [0.1, 0.15) is 29.8 Å². The first kappa shape index (κ1) is 14.2. The van der Waals surface area contributed by atoms with Crippen molar-refractivity contribution in [1.82, 2.24) is 5.32 Å². The molecule has 0 aliphatic rings. The Labute approximate surface area is 106 Å². The van der Waals surface area contributed by atoms with Crippen LogP contribution in [-0.4, -0.2) is 24.5 Å². The van der Waals surface area contributed by atoms with Crippen molar-refractivity contribution >= 4 is 11.9 Å². The zero-order valence-electron chi connectivity index (χ0n) is 10.8. The largest absolute Gasteiger partial charge is 0.465 e. The Hall–Kier alpha value is -1.88. The predicted molar refractivity (Wildman–Crippen MR) is 67.9 cm³/mol. The third-order valence-electron chi connectivity index (χ3n) is 2.41. The van der Waals surface area contributed by atoms with E-state index >= 15 is 0 Å². The number of methoxy groups -OCH3 is 1. The number of carbonyl (C=O) groups excluding carboxylic acids is 2. The van der Waals surface area contributed by atoms with Crippen molar-refractivity contribution in [3.05, 3.63) is 35.4 Å². The van der Waals surface area contributed by atoms with E-state index in [9.17, 15) is 9.59 Å². The van der Waals surface area contributed by atoms with Crippen LogP contribution in [0.15, 0.2) is 24.3 Å². The number of carbonyl (C=O) groups is 2. The Morgan fingerprint density at radius 2 is 1.83 bits per heavy atom. The molecule has 0 aromatic heterocycles. The summed E-state index contributed by atoms with van der Waals surface area (Å²) in [5.41, 5.74) is 6.12. The first-order valence-corrected chi connectivity index (χ1v) is 5.59. The van der Waals surface area contributed by atoms with Crippen LogP contribution < -0.4 is 11.1 Å². The topological polar surface area (TPSA) is 81.4 Å². The van der Waals surface area contributed by atoms with Gasteiger partial charge >= 0.3 is 5.97 Å². The molecule has 0 spiro atoms. The van der Waals surface area contributed by atoms with Crippen LogP contribution in [0, 0.1) is 0 Å². The number of esters is 1. The normalized spacial score (nSPS) is 10.9. The van der Waals surface area contributed by atoms with Crippen molar-refractivity contribution < 1.29 is 14.3 Å². The van der Waals surface area contributed by atoms with E-state index in [1.165, 1.54) is 7.11 Å². The van der Waals surface area contributed by atoms with Crippen LogP contribution in [0.5, 0.6) is 0 Å². The lowest BCUT2D eigenvalue weighted by atomic mass is 10.1. The lowest BCUT2D eigenvalue weighted by Crippen LogP contribution is -2.48. The molecule has 1 aromatic rings. The average Bonchev–Trinajstić information content (AvgIpc) is 2.34. The van der Waals surface area contributed by atoms with Gasteiger partial charge in [0.1, 0.15) is 0 Å². The van der Waals surface area contributed by atoms with Crippen molar-refractivity contribution in [3.8, 4) is 0 Å². The van der Waals surface area contributed by atoms with Crippen LogP contribution in [-0.2, 0) is 16.1 Å². The van der Waals surface area contributed by atoms with Crippen LogP contribution >= 0.6 is 0 Å². The summed E-state index contributed by atoms with van der Waals surface area (Å²) in [5, 5.41) is 2.72. The number of hydrogen-bond donors (Lipinski definition) is 2. The molecule has 98 valence electrons. The second kappa shape index (κ2) is 5.64. The molecule has 0 fully saturated rings. The van der Waals surface area contributed by atoms with Crippen molar-refractivity contribution in [2.75, 3.05) is 7.11 Å². The summed E-state index contributed by atoms with van der Waals surface area (Å²) >= 11 is 0. The smallest absolute Gasteiger partial charge is 0.337 e. The number of ether oxygens (including phenoxy) is 1. The lowest BCUT2D eigenvalue weighted by molar-refractivity contribution is -0.125. The fourth-order valence-corrected chi connectivity index (χ4v) is 1.29. The zero-order chi connectivity index (χ0) is 13.8. The highest BCUT2D eigenvalue weighted by atomic mass is 16.5. The number of rotatable bonds is 4. The Morgan fingerprint density at radius 3 is 2.28 bits per heavy atom. The standard InChI is InChI=1S/C13H18N2O3/c1-13(2,14)12(17)15-8-9-4-6-10(7-5-9)11(16)18-3/h4-7H,8,14H2,1-3H3,(H,15,17). The van der Waals surface area contributed by atoms with Crippen molar-refractivity contribution in [2.24, 2.45) is 5.73 Å². The second-order valence-corrected chi connectivity index (χ2v) is 4.59. The Bertz CT molecular complexity index is 433. The summed E-state index contributed by atoms with van der Waals surface area (Å²) in [7, 11) is 1.33. The van der Waals surface area contributed by atoms with Gasteiger partial charge in [-0.1, -0.05) is 12.1 Å². The average molecular weight is 250 g/mol. The van der Waals surface area contributed by atoms with Gasteiger partial charge in [-0.25, -0.2) is 4.79 Å². The van der Waals surface area contributed by atoms with Crippen molar-refractivity contribution in [1.29, 1.82) is 0 Å². The molecular weight excluding hydrogens is 232 g/mol. The lowest BCUT2D eigenvalue weighted by Gasteiger charge is -2.17. The molecule has 5 nitrogen and oxygen atoms in total. The second-order valence-electron chi connectivity index (χ2n) is 4.59. The Balaban J connectivity index is 2.60. The van der Waals surface area contributed by atoms with Gasteiger partial charge in [0, 0.05) is 6.54 Å².